The van der Waals surface area contributed by atoms with Crippen LogP contribution in [0.2, 0.25) is 0 Å². The van der Waals surface area contributed by atoms with Gasteiger partial charge < -0.3 is 14.8 Å². The smallest absolute Gasteiger partial charge is 0.339 e. The number of aromatic nitrogens is 1. The predicted octanol–water partition coefficient (Wildman–Crippen LogP) is 1.54. The molecular formula is C13H18N2O4. The van der Waals surface area contributed by atoms with Crippen LogP contribution in [-0.4, -0.2) is 36.7 Å². The molecule has 0 saturated heterocycles. The molecule has 104 valence electrons. The molecular weight excluding hydrogens is 248 g/mol. The molecule has 0 bridgehead atoms. The molecule has 0 aliphatic carbocycles. The summed E-state index contributed by atoms with van der Waals surface area (Å²) < 4.78 is 9.52. The van der Waals surface area contributed by atoms with Crippen LogP contribution in [0.25, 0.3) is 0 Å². The Morgan fingerprint density at radius 2 is 2.11 bits per heavy atom. The molecule has 6 nitrogen and oxygen atoms in total. The minimum absolute atomic E-state index is 0.332. The number of hydrogen-bond donors (Lipinski definition) is 1. The standard InChI is InChI=1S/C13H18N2O4/c1-5-19-12(16)9(3)15-11-7-6-10(8(2)14-11)13(17)18-4/h6-7,9H,5H2,1-4H3,(H,14,15). The summed E-state index contributed by atoms with van der Waals surface area (Å²) in [5, 5.41) is 2.91. The first-order chi connectivity index (χ1) is 8.99. The van der Waals surface area contributed by atoms with E-state index in [0.717, 1.165) is 0 Å². The second-order valence-corrected chi connectivity index (χ2v) is 3.94. The molecule has 1 rings (SSSR count). The van der Waals surface area contributed by atoms with Gasteiger partial charge in [0.05, 0.1) is 25.0 Å². The zero-order valence-electron chi connectivity index (χ0n) is 11.5. The van der Waals surface area contributed by atoms with E-state index >= 15 is 0 Å². The molecule has 19 heavy (non-hydrogen) atoms. The van der Waals surface area contributed by atoms with E-state index in [1.165, 1.54) is 7.11 Å². The van der Waals surface area contributed by atoms with E-state index in [2.05, 4.69) is 15.0 Å². The van der Waals surface area contributed by atoms with Crippen molar-refractivity contribution in [2.24, 2.45) is 0 Å². The lowest BCUT2D eigenvalue weighted by Crippen LogP contribution is -2.28. The maximum Gasteiger partial charge on any atom is 0.339 e. The molecule has 0 saturated carbocycles. The molecule has 0 aromatic carbocycles. The maximum atomic E-state index is 11.5. The molecule has 0 aliphatic heterocycles. The number of pyridine rings is 1. The Morgan fingerprint density at radius 3 is 2.63 bits per heavy atom. The largest absolute Gasteiger partial charge is 0.465 e. The summed E-state index contributed by atoms with van der Waals surface area (Å²) in [5.74, 6) is -0.278. The van der Waals surface area contributed by atoms with Gasteiger partial charge in [-0.15, -0.1) is 0 Å². The minimum atomic E-state index is -0.504. The molecule has 0 amide bonds. The topological polar surface area (TPSA) is 77.5 Å². The van der Waals surface area contributed by atoms with Gasteiger partial charge in [0, 0.05) is 0 Å². The summed E-state index contributed by atoms with van der Waals surface area (Å²) in [4.78, 5) is 27.1. The quantitative estimate of drug-likeness (QED) is 0.814. The van der Waals surface area contributed by atoms with Crippen molar-refractivity contribution in [3.63, 3.8) is 0 Å². The minimum Gasteiger partial charge on any atom is -0.465 e. The van der Waals surface area contributed by atoms with Crippen LogP contribution in [0.1, 0.15) is 29.9 Å². The van der Waals surface area contributed by atoms with Gasteiger partial charge in [0.15, 0.2) is 0 Å². The molecule has 1 atom stereocenters. The predicted molar refractivity (Wildman–Crippen MR) is 70.0 cm³/mol. The van der Waals surface area contributed by atoms with Gasteiger partial charge in [0.2, 0.25) is 0 Å². The lowest BCUT2D eigenvalue weighted by atomic mass is 10.2. The number of carbonyl (C=O) groups is 2. The van der Waals surface area contributed by atoms with Crippen molar-refractivity contribution in [1.29, 1.82) is 0 Å². The number of nitrogens with zero attached hydrogens (tertiary/aromatic N) is 1. The average Bonchev–Trinajstić information content (AvgIpc) is 2.38. The lowest BCUT2D eigenvalue weighted by molar-refractivity contribution is -0.143. The van der Waals surface area contributed by atoms with Gasteiger partial charge in [0.25, 0.3) is 0 Å². The van der Waals surface area contributed by atoms with E-state index in [1.54, 1.807) is 32.9 Å². The van der Waals surface area contributed by atoms with Crippen molar-refractivity contribution in [1.82, 2.24) is 4.98 Å². The normalized spacial score (nSPS) is 11.6. The number of aryl methyl sites for hydroxylation is 1. The fourth-order valence-electron chi connectivity index (χ4n) is 1.52. The molecule has 1 N–H and O–H groups in total. The first kappa shape index (κ1) is 14.9. The van der Waals surface area contributed by atoms with Gasteiger partial charge in [0.1, 0.15) is 11.9 Å². The Bertz CT molecular complexity index is 474. The third-order valence-electron chi connectivity index (χ3n) is 2.50. The van der Waals surface area contributed by atoms with Gasteiger partial charge in [-0.1, -0.05) is 0 Å². The number of esters is 2. The SMILES string of the molecule is CCOC(=O)C(C)Nc1ccc(C(=O)OC)c(C)n1. The number of ether oxygens (including phenoxy) is 2. The summed E-state index contributed by atoms with van der Waals surface area (Å²) in [6.45, 7) is 5.46. The lowest BCUT2D eigenvalue weighted by Gasteiger charge is -2.14. The first-order valence-corrected chi connectivity index (χ1v) is 5.98. The maximum absolute atomic E-state index is 11.5. The molecule has 0 spiro atoms. The van der Waals surface area contributed by atoms with E-state index < -0.39 is 12.0 Å². The summed E-state index contributed by atoms with van der Waals surface area (Å²) in [7, 11) is 1.32. The highest BCUT2D eigenvalue weighted by molar-refractivity contribution is 5.90. The van der Waals surface area contributed by atoms with Crippen LogP contribution in [0.3, 0.4) is 0 Å². The monoisotopic (exact) mass is 266 g/mol. The summed E-state index contributed by atoms with van der Waals surface area (Å²) in [6, 6.07) is 2.72. The van der Waals surface area contributed by atoms with Crippen LogP contribution in [0, 0.1) is 6.92 Å². The van der Waals surface area contributed by atoms with Crippen LogP contribution in [0.4, 0.5) is 5.82 Å². The second-order valence-electron chi connectivity index (χ2n) is 3.94. The van der Waals surface area contributed by atoms with Gasteiger partial charge in [-0.2, -0.15) is 0 Å². The zero-order valence-corrected chi connectivity index (χ0v) is 11.5. The number of anilines is 1. The van der Waals surface area contributed by atoms with Crippen molar-refractivity contribution in [2.75, 3.05) is 19.0 Å². The van der Waals surface area contributed by atoms with E-state index in [9.17, 15) is 9.59 Å². The van der Waals surface area contributed by atoms with Crippen molar-refractivity contribution >= 4 is 17.8 Å². The zero-order chi connectivity index (χ0) is 14.4. The summed E-state index contributed by atoms with van der Waals surface area (Å²) in [5.41, 5.74) is 0.935. The molecule has 1 aromatic rings. The number of methoxy groups -OCH3 is 1. The number of carbonyl (C=O) groups excluding carboxylic acids is 2. The Balaban J connectivity index is 2.79. The van der Waals surface area contributed by atoms with Crippen molar-refractivity contribution in [3.8, 4) is 0 Å². The van der Waals surface area contributed by atoms with Gasteiger partial charge >= 0.3 is 11.9 Å². The second kappa shape index (κ2) is 6.72. The Morgan fingerprint density at radius 1 is 1.42 bits per heavy atom. The van der Waals surface area contributed by atoms with Crippen LogP contribution in [0.15, 0.2) is 12.1 Å². The van der Waals surface area contributed by atoms with Gasteiger partial charge in [-0.05, 0) is 32.9 Å². The van der Waals surface area contributed by atoms with Gasteiger partial charge in [-0.25, -0.2) is 14.6 Å². The molecule has 0 radical (unpaired) electrons. The Hall–Kier alpha value is -2.11. The van der Waals surface area contributed by atoms with E-state index in [0.29, 0.717) is 23.7 Å². The molecule has 0 aliphatic rings. The highest BCUT2D eigenvalue weighted by Crippen LogP contribution is 2.12. The van der Waals surface area contributed by atoms with Crippen molar-refractivity contribution in [3.05, 3.63) is 23.4 Å². The van der Waals surface area contributed by atoms with Crippen LogP contribution in [0.5, 0.6) is 0 Å². The van der Waals surface area contributed by atoms with Gasteiger partial charge in [-0.3, -0.25) is 0 Å². The number of rotatable bonds is 5. The average molecular weight is 266 g/mol. The number of nitrogens with one attached hydrogen (secondary N) is 1. The molecule has 6 heteroatoms. The fraction of sp³-hybridized carbons (Fsp3) is 0.462. The summed E-state index contributed by atoms with van der Waals surface area (Å²) in [6.07, 6.45) is 0. The Kier molecular flexibility index (Phi) is 5.29. The van der Waals surface area contributed by atoms with E-state index in [-0.39, 0.29) is 5.97 Å². The molecule has 1 aromatic heterocycles. The van der Waals surface area contributed by atoms with E-state index in [4.69, 9.17) is 4.74 Å². The molecule has 1 heterocycles. The highest BCUT2D eigenvalue weighted by atomic mass is 16.5. The summed E-state index contributed by atoms with van der Waals surface area (Å²) >= 11 is 0. The number of hydrogen-bond acceptors (Lipinski definition) is 6. The van der Waals surface area contributed by atoms with Crippen molar-refractivity contribution < 1.29 is 19.1 Å². The molecule has 0 fully saturated rings. The third kappa shape index (κ3) is 3.94. The van der Waals surface area contributed by atoms with Crippen LogP contribution >= 0.6 is 0 Å². The van der Waals surface area contributed by atoms with Crippen LogP contribution in [-0.2, 0) is 14.3 Å². The third-order valence-corrected chi connectivity index (χ3v) is 2.50. The molecule has 1 unspecified atom stereocenters. The Labute approximate surface area is 112 Å². The van der Waals surface area contributed by atoms with E-state index in [1.807, 2.05) is 0 Å². The first-order valence-electron chi connectivity index (χ1n) is 5.98. The van der Waals surface area contributed by atoms with Crippen LogP contribution < -0.4 is 5.32 Å². The van der Waals surface area contributed by atoms with Crippen molar-refractivity contribution in [2.45, 2.75) is 26.8 Å². The fourth-order valence-corrected chi connectivity index (χ4v) is 1.52. The highest BCUT2D eigenvalue weighted by Gasteiger charge is 2.15.